The molecule has 5 N–H and O–H groups in total. The summed E-state index contributed by atoms with van der Waals surface area (Å²) in [6.45, 7) is 16.3. The van der Waals surface area contributed by atoms with Crippen molar-refractivity contribution in [3.05, 3.63) is 160 Å². The van der Waals surface area contributed by atoms with Gasteiger partial charge in [-0.05, 0) is 140 Å². The monoisotopic (exact) mass is 1530 g/mol. The van der Waals surface area contributed by atoms with E-state index in [4.69, 9.17) is 16.3 Å². The summed E-state index contributed by atoms with van der Waals surface area (Å²) in [6, 6.07) is 30.6. The van der Waals surface area contributed by atoms with Crippen LogP contribution in [0.25, 0.3) is 16.0 Å². The number of amides is 5. The minimum absolute atomic E-state index is 0.0350. The molecule has 0 radical (unpaired) electrons. The fraction of sp³-hybridized carbons (Fsp3) is 0.467. The van der Waals surface area contributed by atoms with Crippen molar-refractivity contribution in [1.29, 1.82) is 0 Å². The van der Waals surface area contributed by atoms with E-state index >= 15 is 0 Å². The second kappa shape index (κ2) is 35.3. The van der Waals surface area contributed by atoms with Crippen molar-refractivity contribution >= 4 is 101 Å². The number of thioether (sulfide) groups is 1. The molecule has 21 nitrogen and oxygen atoms in total. The van der Waals surface area contributed by atoms with Crippen LogP contribution in [0, 0.1) is 12.3 Å². The minimum atomic E-state index is -6.12. The number of sulfonamides is 1. The van der Waals surface area contributed by atoms with Crippen LogP contribution in [0.2, 0.25) is 5.02 Å². The lowest BCUT2D eigenvalue weighted by Crippen LogP contribution is -2.57. The summed E-state index contributed by atoms with van der Waals surface area (Å²) in [6.07, 6.45) is 3.25. The first-order valence-corrected chi connectivity index (χ1v) is 40.4. The number of anilines is 2. The number of sulfone groups is 1. The van der Waals surface area contributed by atoms with E-state index in [1.807, 2.05) is 123 Å². The summed E-state index contributed by atoms with van der Waals surface area (Å²) in [4.78, 5) is 83.3. The molecule has 560 valence electrons. The number of piperazine rings is 1. The van der Waals surface area contributed by atoms with Crippen LogP contribution in [-0.4, -0.2) is 197 Å². The summed E-state index contributed by atoms with van der Waals surface area (Å²) < 4.78 is 105. The van der Waals surface area contributed by atoms with E-state index < -0.39 is 82.3 Å². The van der Waals surface area contributed by atoms with E-state index in [-0.39, 0.29) is 48.7 Å². The van der Waals surface area contributed by atoms with Crippen LogP contribution in [-0.2, 0) is 43.8 Å². The molecular formula is C75H92ClF3N10O11S4. The lowest BCUT2D eigenvalue weighted by molar-refractivity contribution is -0.144. The van der Waals surface area contributed by atoms with Gasteiger partial charge in [-0.15, -0.1) is 23.1 Å². The molecule has 0 spiro atoms. The molecular weight excluding hydrogens is 1440 g/mol. The number of carbonyl (C=O) groups excluding carboxylic acids is 5. The molecule has 0 saturated carbocycles. The first kappa shape index (κ1) is 79.2. The number of thiazole rings is 1. The molecule has 5 amide bonds. The fourth-order valence-electron chi connectivity index (χ4n) is 13.4. The number of benzene rings is 5. The highest BCUT2D eigenvalue weighted by molar-refractivity contribution is 7.99. The van der Waals surface area contributed by atoms with Crippen molar-refractivity contribution in [1.82, 2.24) is 39.9 Å². The lowest BCUT2D eigenvalue weighted by atomic mass is 9.85. The smallest absolute Gasteiger partial charge is 0.391 e. The maximum absolute atomic E-state index is 14.4. The van der Waals surface area contributed by atoms with Crippen LogP contribution < -0.4 is 25.6 Å². The van der Waals surface area contributed by atoms with Crippen LogP contribution in [0.5, 0.6) is 0 Å². The molecule has 5 atom stereocenters. The highest BCUT2D eigenvalue weighted by Crippen LogP contribution is 2.38. The number of nitrogens with zero attached hydrogens (tertiary/aromatic N) is 6. The third-order valence-corrected chi connectivity index (χ3v) is 24.7. The molecule has 29 heteroatoms. The van der Waals surface area contributed by atoms with Crippen LogP contribution in [0.4, 0.5) is 24.5 Å². The maximum Gasteiger partial charge on any atom is 0.501 e. The van der Waals surface area contributed by atoms with Gasteiger partial charge in [0.2, 0.25) is 23.6 Å². The van der Waals surface area contributed by atoms with Crippen molar-refractivity contribution in [2.75, 3.05) is 101 Å². The van der Waals surface area contributed by atoms with Crippen molar-refractivity contribution in [3.63, 3.8) is 0 Å². The van der Waals surface area contributed by atoms with Gasteiger partial charge in [0.05, 0.1) is 52.0 Å². The van der Waals surface area contributed by atoms with Gasteiger partial charge in [0.1, 0.15) is 17.0 Å². The lowest BCUT2D eigenvalue weighted by Gasteiger charge is -2.39. The zero-order chi connectivity index (χ0) is 74.5. The number of morpholine rings is 1. The summed E-state index contributed by atoms with van der Waals surface area (Å²) in [7, 11) is -11.0. The van der Waals surface area contributed by atoms with Gasteiger partial charge in [-0.3, -0.25) is 33.8 Å². The Morgan fingerprint density at radius 3 is 2.12 bits per heavy atom. The van der Waals surface area contributed by atoms with Crippen LogP contribution >= 0.6 is 34.7 Å². The highest BCUT2D eigenvalue weighted by Gasteiger charge is 2.49. The molecule has 0 unspecified atom stereocenters. The Morgan fingerprint density at radius 1 is 0.788 bits per heavy atom. The van der Waals surface area contributed by atoms with Crippen LogP contribution in [0.1, 0.15) is 119 Å². The third kappa shape index (κ3) is 20.8. The molecule has 10 rings (SSSR count). The molecule has 1 aromatic heterocycles. The highest BCUT2D eigenvalue weighted by atomic mass is 35.5. The first-order valence-electron chi connectivity index (χ1n) is 35.2. The number of aryl methyl sites for hydroxylation is 1. The SMILES string of the molecule is Cc1ncsc1-c1ccc([C@H](C)NC(=O)[C@@H]2C[C@@H](O)CN2C(=O)[C@@H](NC(=O)CCCCCCC(=O)N2CCC(c3ccc(Cl)cc3)=C(CN3CCN(c4ccc(C(=O)NS(=O)(=O)c5ccc(N[C@H](CCN6CCOCC6)CSc6ccccc6)c(S(=O)(=O)C(F)(F)F)c5)cc4)CC3)C2)C(C)(C)C)cc1. The molecule has 0 bridgehead atoms. The maximum atomic E-state index is 14.4. The number of hydrogen-bond donors (Lipinski definition) is 5. The topological polar surface area (TPSA) is 260 Å². The molecule has 104 heavy (non-hydrogen) atoms. The summed E-state index contributed by atoms with van der Waals surface area (Å²) in [5, 5.41) is 20.4. The van der Waals surface area contributed by atoms with Crippen LogP contribution in [0.15, 0.2) is 147 Å². The number of likely N-dealkylation sites (tertiary alicyclic amines) is 1. The van der Waals surface area contributed by atoms with Gasteiger partial charge < -0.3 is 40.5 Å². The average Bonchev–Trinajstić information content (AvgIpc) is 0.944. The number of alkyl halides is 3. The number of unbranched alkanes of at least 4 members (excludes halogenated alkanes) is 3. The van der Waals surface area contributed by atoms with Crippen molar-refractivity contribution in [2.24, 2.45) is 5.41 Å². The Morgan fingerprint density at radius 2 is 1.46 bits per heavy atom. The standard InChI is InChI=1S/C75H92ClF3N10O11S4/c1-50(52-17-19-54(20-18-52)69-51(2)80-49-102-69)81-72(94)65-43-60(90)47-89(65)73(95)70(74(3,4)5)83-67(91)15-11-6-7-12-16-68(92)88-34-32-63(53-21-25-57(76)26-22-53)56(46-88)45-86-35-37-87(38-36-86)59-27-23-55(24-28-59)71(93)84-104(98,99)62-29-30-64(66(44-62)103(96,97)75(77,78)79)82-58(31-33-85-39-41-100-42-40-85)48-101-61-13-9-8-10-14-61/h8-10,13-14,17-30,44,49-50,58,60,65,70,82,90H,6-7,11-12,15-16,31-43,45-48H2,1-5H3,(H,81,94)(H,83,91)(H,84,93)/t50-,58+,60+,65-,70+/m0/s1. The summed E-state index contributed by atoms with van der Waals surface area (Å²) in [5.41, 5.74) is 1.69. The zero-order valence-corrected chi connectivity index (χ0v) is 63.2. The second-order valence-electron chi connectivity index (χ2n) is 28.0. The average molecular weight is 1530 g/mol. The van der Waals surface area contributed by atoms with Crippen molar-refractivity contribution in [2.45, 2.75) is 143 Å². The Hall–Kier alpha value is -7.41. The quantitative estimate of drug-likeness (QED) is 0.0216. The fourth-order valence-corrected chi connectivity index (χ4v) is 17.4. The van der Waals surface area contributed by atoms with Crippen LogP contribution in [0.3, 0.4) is 0 Å². The van der Waals surface area contributed by atoms with E-state index in [9.17, 15) is 59.1 Å². The molecule has 5 aromatic carbocycles. The van der Waals surface area contributed by atoms with E-state index in [2.05, 4.69) is 35.6 Å². The Kier molecular flexibility index (Phi) is 26.9. The molecule has 6 aromatic rings. The van der Waals surface area contributed by atoms with E-state index in [1.165, 1.54) is 28.8 Å². The number of aliphatic hydroxyl groups excluding tert-OH is 1. The molecule has 3 saturated heterocycles. The van der Waals surface area contributed by atoms with E-state index in [0.29, 0.717) is 140 Å². The second-order valence-corrected chi connectivity index (χ2v) is 34.0. The number of carbonyl (C=O) groups is 5. The van der Waals surface area contributed by atoms with Gasteiger partial charge in [-0.2, -0.15) is 13.2 Å². The van der Waals surface area contributed by atoms with E-state index in [0.717, 1.165) is 61.1 Å². The zero-order valence-electron chi connectivity index (χ0n) is 59.1. The van der Waals surface area contributed by atoms with E-state index in [1.54, 1.807) is 29.0 Å². The summed E-state index contributed by atoms with van der Waals surface area (Å²) >= 11 is 9.31. The van der Waals surface area contributed by atoms with Gasteiger partial charge in [0.15, 0.2) is 0 Å². The number of β-amino-alcohol motifs (C(OH)–C–C–N with tert-alkyl or cyclic N) is 1. The summed E-state index contributed by atoms with van der Waals surface area (Å²) in [5.74, 6) is -1.84. The number of aromatic nitrogens is 1. The molecule has 4 aliphatic rings. The van der Waals surface area contributed by atoms with Crippen molar-refractivity contribution < 1.29 is 63.8 Å². The minimum Gasteiger partial charge on any atom is -0.391 e. The van der Waals surface area contributed by atoms with Crippen molar-refractivity contribution in [3.8, 4) is 10.4 Å². The number of rotatable bonds is 29. The Balaban J connectivity index is 0.689. The Bertz CT molecular complexity index is 4230. The van der Waals surface area contributed by atoms with Gasteiger partial charge in [-0.25, -0.2) is 26.5 Å². The molecule has 0 aliphatic carbocycles. The Labute approximate surface area is 620 Å². The number of halogens is 4. The molecule has 4 aliphatic heterocycles. The number of hydrogen-bond acceptors (Lipinski definition) is 18. The molecule has 5 heterocycles. The largest absolute Gasteiger partial charge is 0.501 e. The van der Waals surface area contributed by atoms with Gasteiger partial charge in [0.25, 0.3) is 25.8 Å². The number of nitrogens with one attached hydrogen (secondary N) is 4. The number of aliphatic hydroxyl groups is 1. The predicted octanol–water partition coefficient (Wildman–Crippen LogP) is 11.0. The predicted molar refractivity (Wildman–Crippen MR) is 400 cm³/mol. The van der Waals surface area contributed by atoms with Gasteiger partial charge in [0, 0.05) is 124 Å². The first-order chi connectivity index (χ1) is 49.5. The number of ether oxygens (including phenoxy) is 1. The molecule has 3 fully saturated rings. The third-order valence-electron chi connectivity index (χ3n) is 19.4. The van der Waals surface area contributed by atoms with Gasteiger partial charge in [-0.1, -0.05) is 99.8 Å². The van der Waals surface area contributed by atoms with Gasteiger partial charge >= 0.3 is 5.51 Å². The normalized spacial score (nSPS) is 18.2.